The summed E-state index contributed by atoms with van der Waals surface area (Å²) >= 11 is 1.37. The van der Waals surface area contributed by atoms with E-state index < -0.39 is 0 Å². The molecule has 8 heteroatoms. The summed E-state index contributed by atoms with van der Waals surface area (Å²) in [5.74, 6) is 2.83. The standard InChI is InChI=1S/C25H25N3O4S/c1-16-6-8-17(9-7-16)24-27-23(18-10-11-20(30-2)21(13-18)31-3)25(28-24)33-15-22(29)26-14-19-5-4-12-32-19/h4-13H,14-15H2,1-3H3,(H,26,29)(H,27,28). The van der Waals surface area contributed by atoms with E-state index in [1.807, 2.05) is 55.5 Å². The number of methoxy groups -OCH3 is 2. The lowest BCUT2D eigenvalue weighted by Crippen LogP contribution is -2.24. The Labute approximate surface area is 196 Å². The summed E-state index contributed by atoms with van der Waals surface area (Å²) in [5, 5.41) is 3.59. The van der Waals surface area contributed by atoms with E-state index in [0.717, 1.165) is 27.7 Å². The van der Waals surface area contributed by atoms with Gasteiger partial charge in [-0.15, -0.1) is 0 Å². The number of imidazole rings is 1. The summed E-state index contributed by atoms with van der Waals surface area (Å²) < 4.78 is 16.1. The number of benzene rings is 2. The van der Waals surface area contributed by atoms with Gasteiger partial charge in [-0.25, -0.2) is 4.98 Å². The van der Waals surface area contributed by atoms with Crippen LogP contribution in [0.25, 0.3) is 22.6 Å². The summed E-state index contributed by atoms with van der Waals surface area (Å²) in [5.41, 5.74) is 3.84. The van der Waals surface area contributed by atoms with Crippen LogP contribution in [0.4, 0.5) is 0 Å². The van der Waals surface area contributed by atoms with Crippen LogP contribution < -0.4 is 14.8 Å². The highest BCUT2D eigenvalue weighted by Crippen LogP contribution is 2.37. The van der Waals surface area contributed by atoms with E-state index in [1.165, 1.54) is 17.3 Å². The van der Waals surface area contributed by atoms with E-state index in [-0.39, 0.29) is 11.7 Å². The molecule has 7 nitrogen and oxygen atoms in total. The number of nitrogens with zero attached hydrogens (tertiary/aromatic N) is 1. The predicted molar refractivity (Wildman–Crippen MR) is 129 cm³/mol. The molecule has 0 spiro atoms. The Morgan fingerprint density at radius 1 is 1.06 bits per heavy atom. The van der Waals surface area contributed by atoms with Gasteiger partial charge in [0.05, 0.1) is 38.5 Å². The Hall–Kier alpha value is -3.65. The van der Waals surface area contributed by atoms with Crippen molar-refractivity contribution in [2.45, 2.75) is 18.5 Å². The zero-order chi connectivity index (χ0) is 23.2. The van der Waals surface area contributed by atoms with Crippen LogP contribution in [0, 0.1) is 6.92 Å². The van der Waals surface area contributed by atoms with Crippen molar-refractivity contribution in [3.63, 3.8) is 0 Å². The molecule has 0 bridgehead atoms. The summed E-state index contributed by atoms with van der Waals surface area (Å²) in [4.78, 5) is 20.6. The van der Waals surface area contributed by atoms with E-state index in [0.29, 0.717) is 23.8 Å². The van der Waals surface area contributed by atoms with Crippen LogP contribution in [0.1, 0.15) is 11.3 Å². The first-order chi connectivity index (χ1) is 16.1. The van der Waals surface area contributed by atoms with Gasteiger partial charge in [-0.1, -0.05) is 41.6 Å². The number of aromatic amines is 1. The molecule has 0 aliphatic carbocycles. The molecule has 4 aromatic rings. The molecule has 2 N–H and O–H groups in total. The second kappa shape index (κ2) is 10.3. The smallest absolute Gasteiger partial charge is 0.230 e. The number of hydrogen-bond donors (Lipinski definition) is 2. The van der Waals surface area contributed by atoms with Gasteiger partial charge < -0.3 is 24.2 Å². The maximum absolute atomic E-state index is 12.4. The number of aryl methyl sites for hydroxylation is 1. The first-order valence-corrected chi connectivity index (χ1v) is 11.4. The van der Waals surface area contributed by atoms with Gasteiger partial charge in [-0.3, -0.25) is 4.79 Å². The van der Waals surface area contributed by atoms with Crippen LogP contribution in [0.3, 0.4) is 0 Å². The number of carbonyl (C=O) groups is 1. The third-order valence-corrected chi connectivity index (χ3v) is 6.02. The van der Waals surface area contributed by atoms with Crippen LogP contribution in [0.5, 0.6) is 11.5 Å². The average molecular weight is 464 g/mol. The first-order valence-electron chi connectivity index (χ1n) is 10.4. The lowest BCUT2D eigenvalue weighted by atomic mass is 10.1. The monoisotopic (exact) mass is 463 g/mol. The lowest BCUT2D eigenvalue weighted by molar-refractivity contribution is -0.118. The van der Waals surface area contributed by atoms with Gasteiger partial charge in [0.2, 0.25) is 5.91 Å². The number of amides is 1. The molecule has 0 saturated carbocycles. The Kier molecular flexibility index (Phi) is 7.04. The molecule has 0 fully saturated rings. The van der Waals surface area contributed by atoms with Gasteiger partial charge in [0.15, 0.2) is 11.5 Å². The van der Waals surface area contributed by atoms with E-state index in [9.17, 15) is 4.79 Å². The number of aromatic nitrogens is 2. The molecule has 0 saturated heterocycles. The van der Waals surface area contributed by atoms with Gasteiger partial charge >= 0.3 is 0 Å². The Balaban J connectivity index is 1.60. The molecule has 0 atom stereocenters. The third-order valence-electron chi connectivity index (χ3n) is 5.05. The molecule has 2 aromatic carbocycles. The molecule has 1 amide bonds. The molecule has 170 valence electrons. The van der Waals surface area contributed by atoms with Gasteiger partial charge in [0.1, 0.15) is 16.6 Å². The molecular formula is C25H25N3O4S. The first kappa shape index (κ1) is 22.5. The van der Waals surface area contributed by atoms with Crippen molar-refractivity contribution in [2.24, 2.45) is 0 Å². The lowest BCUT2D eigenvalue weighted by Gasteiger charge is -2.09. The number of nitrogens with one attached hydrogen (secondary N) is 2. The van der Waals surface area contributed by atoms with Crippen molar-refractivity contribution in [1.29, 1.82) is 0 Å². The van der Waals surface area contributed by atoms with Crippen LogP contribution >= 0.6 is 11.8 Å². The van der Waals surface area contributed by atoms with Crippen molar-refractivity contribution in [2.75, 3.05) is 20.0 Å². The number of hydrogen-bond acceptors (Lipinski definition) is 6. The second-order valence-electron chi connectivity index (χ2n) is 7.35. The van der Waals surface area contributed by atoms with E-state index >= 15 is 0 Å². The van der Waals surface area contributed by atoms with Crippen LogP contribution in [0.2, 0.25) is 0 Å². The van der Waals surface area contributed by atoms with Crippen LogP contribution in [-0.2, 0) is 11.3 Å². The minimum Gasteiger partial charge on any atom is -0.493 e. The number of ether oxygens (including phenoxy) is 2. The molecule has 4 rings (SSSR count). The summed E-state index contributed by atoms with van der Waals surface area (Å²) in [6, 6.07) is 17.4. The fraction of sp³-hybridized carbons (Fsp3) is 0.200. The fourth-order valence-electron chi connectivity index (χ4n) is 3.28. The van der Waals surface area contributed by atoms with Crippen LogP contribution in [0.15, 0.2) is 70.3 Å². The fourth-order valence-corrected chi connectivity index (χ4v) is 4.12. The number of furan rings is 1. The summed E-state index contributed by atoms with van der Waals surface area (Å²) in [6.45, 7) is 2.40. The second-order valence-corrected chi connectivity index (χ2v) is 8.31. The SMILES string of the molecule is COc1ccc(-c2[nH]c(-c3ccc(C)cc3)nc2SCC(=O)NCc2ccco2)cc1OC. The van der Waals surface area contributed by atoms with Gasteiger partial charge in [0.25, 0.3) is 0 Å². The Morgan fingerprint density at radius 2 is 1.82 bits per heavy atom. The highest BCUT2D eigenvalue weighted by Gasteiger charge is 2.17. The Bertz CT molecular complexity index is 1220. The maximum atomic E-state index is 12.4. The maximum Gasteiger partial charge on any atom is 0.230 e. The zero-order valence-corrected chi connectivity index (χ0v) is 19.5. The molecule has 0 unspecified atom stereocenters. The van der Waals surface area contributed by atoms with Gasteiger partial charge in [-0.2, -0.15) is 0 Å². The molecule has 0 aliphatic rings. The van der Waals surface area contributed by atoms with Gasteiger partial charge in [0, 0.05) is 11.1 Å². The quantitative estimate of drug-likeness (QED) is 0.337. The van der Waals surface area contributed by atoms with E-state index in [2.05, 4.69) is 10.3 Å². The normalized spacial score (nSPS) is 10.8. The Morgan fingerprint density at radius 3 is 2.52 bits per heavy atom. The minimum absolute atomic E-state index is 0.102. The topological polar surface area (TPSA) is 89.4 Å². The molecule has 0 radical (unpaired) electrons. The van der Waals surface area contributed by atoms with Crippen molar-refractivity contribution in [1.82, 2.24) is 15.3 Å². The minimum atomic E-state index is -0.102. The predicted octanol–water partition coefficient (Wildman–Crippen LogP) is 5.07. The number of thioether (sulfide) groups is 1. The molecular weight excluding hydrogens is 438 g/mol. The number of carbonyl (C=O) groups excluding carboxylic acids is 1. The molecule has 0 aliphatic heterocycles. The highest BCUT2D eigenvalue weighted by molar-refractivity contribution is 8.00. The average Bonchev–Trinajstić information content (AvgIpc) is 3.51. The largest absolute Gasteiger partial charge is 0.493 e. The zero-order valence-electron chi connectivity index (χ0n) is 18.7. The van der Waals surface area contributed by atoms with Gasteiger partial charge in [-0.05, 0) is 37.3 Å². The van der Waals surface area contributed by atoms with Crippen molar-refractivity contribution in [3.8, 4) is 34.1 Å². The summed E-state index contributed by atoms with van der Waals surface area (Å²) in [7, 11) is 3.21. The van der Waals surface area contributed by atoms with Crippen molar-refractivity contribution in [3.05, 3.63) is 72.2 Å². The third kappa shape index (κ3) is 5.40. The van der Waals surface area contributed by atoms with Crippen molar-refractivity contribution >= 4 is 17.7 Å². The van der Waals surface area contributed by atoms with Crippen LogP contribution in [-0.4, -0.2) is 35.8 Å². The molecule has 2 aromatic heterocycles. The molecule has 33 heavy (non-hydrogen) atoms. The van der Waals surface area contributed by atoms with Crippen molar-refractivity contribution < 1.29 is 18.7 Å². The molecule has 2 heterocycles. The highest BCUT2D eigenvalue weighted by atomic mass is 32.2. The van der Waals surface area contributed by atoms with E-state index in [1.54, 1.807) is 26.5 Å². The number of rotatable bonds is 9. The number of H-pyrrole nitrogens is 1. The van der Waals surface area contributed by atoms with E-state index in [4.69, 9.17) is 18.9 Å². The summed E-state index contributed by atoms with van der Waals surface area (Å²) in [6.07, 6.45) is 1.59.